The molecule has 1 rings (SSSR count). The predicted octanol–water partition coefficient (Wildman–Crippen LogP) is 5.16. The van der Waals surface area contributed by atoms with Gasteiger partial charge in [-0.05, 0) is 19.3 Å². The maximum Gasteiger partial charge on any atom is 0.309 e. The zero-order valence-electron chi connectivity index (χ0n) is 12.0. The Hall–Kier alpha value is -0.530. The van der Waals surface area contributed by atoms with Crippen LogP contribution in [0.5, 0.6) is 0 Å². The van der Waals surface area contributed by atoms with E-state index in [1.54, 1.807) is 0 Å². The van der Waals surface area contributed by atoms with Gasteiger partial charge in [0.05, 0.1) is 5.41 Å². The standard InChI is InChI=1S/C16H30O2/c1-2-3-4-5-6-7-8-9-10-11-12-16(13-14-16)15(17)18/h2-14H2,1H3,(H,17,18). The second kappa shape index (κ2) is 8.55. The molecule has 2 nitrogen and oxygen atoms in total. The average Bonchev–Trinajstić information content (AvgIpc) is 3.13. The van der Waals surface area contributed by atoms with Crippen LogP contribution in [0.2, 0.25) is 0 Å². The Morgan fingerprint density at radius 3 is 1.72 bits per heavy atom. The van der Waals surface area contributed by atoms with Crippen LogP contribution < -0.4 is 0 Å². The van der Waals surface area contributed by atoms with Gasteiger partial charge in [0.25, 0.3) is 0 Å². The summed E-state index contributed by atoms with van der Waals surface area (Å²) in [6.07, 6.45) is 16.0. The van der Waals surface area contributed by atoms with Crippen molar-refractivity contribution in [1.82, 2.24) is 0 Å². The van der Waals surface area contributed by atoms with Gasteiger partial charge in [-0.1, -0.05) is 71.1 Å². The number of unbranched alkanes of at least 4 members (excludes halogenated alkanes) is 9. The summed E-state index contributed by atoms with van der Waals surface area (Å²) in [6, 6.07) is 0. The van der Waals surface area contributed by atoms with Crippen molar-refractivity contribution in [2.45, 2.75) is 90.4 Å². The number of carbonyl (C=O) groups is 1. The Kier molecular flexibility index (Phi) is 7.38. The molecule has 0 spiro atoms. The molecule has 0 atom stereocenters. The molecule has 2 heteroatoms. The summed E-state index contributed by atoms with van der Waals surface area (Å²) in [7, 11) is 0. The van der Waals surface area contributed by atoms with Crippen molar-refractivity contribution in [1.29, 1.82) is 0 Å². The smallest absolute Gasteiger partial charge is 0.309 e. The van der Waals surface area contributed by atoms with Gasteiger partial charge in [-0.2, -0.15) is 0 Å². The molecule has 0 aromatic heterocycles. The number of aliphatic carboxylic acids is 1. The maximum absolute atomic E-state index is 11.0. The average molecular weight is 254 g/mol. The number of carboxylic acids is 1. The van der Waals surface area contributed by atoms with Gasteiger partial charge in [0.1, 0.15) is 0 Å². The Balaban J connectivity index is 1.81. The van der Waals surface area contributed by atoms with Gasteiger partial charge >= 0.3 is 5.97 Å². The van der Waals surface area contributed by atoms with Crippen molar-refractivity contribution >= 4 is 5.97 Å². The summed E-state index contributed by atoms with van der Waals surface area (Å²) in [6.45, 7) is 2.25. The minimum Gasteiger partial charge on any atom is -0.481 e. The summed E-state index contributed by atoms with van der Waals surface area (Å²) in [5, 5.41) is 9.05. The van der Waals surface area contributed by atoms with Gasteiger partial charge in [0.15, 0.2) is 0 Å². The highest BCUT2D eigenvalue weighted by atomic mass is 16.4. The fraction of sp³-hybridized carbons (Fsp3) is 0.938. The molecule has 18 heavy (non-hydrogen) atoms. The van der Waals surface area contributed by atoms with E-state index >= 15 is 0 Å². The first-order valence-corrected chi connectivity index (χ1v) is 7.95. The lowest BCUT2D eigenvalue weighted by Gasteiger charge is -2.08. The highest BCUT2D eigenvalue weighted by Crippen LogP contribution is 2.50. The Labute approximate surface area is 112 Å². The van der Waals surface area contributed by atoms with E-state index in [2.05, 4.69) is 6.92 Å². The van der Waals surface area contributed by atoms with Crippen molar-refractivity contribution < 1.29 is 9.90 Å². The van der Waals surface area contributed by atoms with Gasteiger partial charge in [-0.15, -0.1) is 0 Å². The lowest BCUT2D eigenvalue weighted by molar-refractivity contribution is -0.143. The third-order valence-electron chi connectivity index (χ3n) is 4.32. The van der Waals surface area contributed by atoms with Gasteiger partial charge < -0.3 is 5.11 Å². The summed E-state index contributed by atoms with van der Waals surface area (Å²) < 4.78 is 0. The molecule has 0 heterocycles. The topological polar surface area (TPSA) is 37.3 Å². The molecule has 0 radical (unpaired) electrons. The Morgan fingerprint density at radius 1 is 0.889 bits per heavy atom. The third kappa shape index (κ3) is 5.88. The molecular formula is C16H30O2. The van der Waals surface area contributed by atoms with Crippen LogP contribution in [0, 0.1) is 5.41 Å². The highest BCUT2D eigenvalue weighted by Gasteiger charge is 2.49. The van der Waals surface area contributed by atoms with E-state index in [1.165, 1.54) is 57.8 Å². The molecule has 1 aliphatic rings. The number of rotatable bonds is 12. The van der Waals surface area contributed by atoms with E-state index in [4.69, 9.17) is 5.11 Å². The van der Waals surface area contributed by atoms with Crippen molar-refractivity contribution in [2.75, 3.05) is 0 Å². The van der Waals surface area contributed by atoms with Crippen molar-refractivity contribution in [3.8, 4) is 0 Å². The fourth-order valence-electron chi connectivity index (χ4n) is 2.67. The monoisotopic (exact) mass is 254 g/mol. The zero-order valence-corrected chi connectivity index (χ0v) is 12.0. The molecule has 1 saturated carbocycles. The van der Waals surface area contributed by atoms with Crippen LogP contribution in [0.1, 0.15) is 90.4 Å². The largest absolute Gasteiger partial charge is 0.481 e. The maximum atomic E-state index is 11.0. The van der Waals surface area contributed by atoms with Crippen LogP contribution in [0.4, 0.5) is 0 Å². The highest BCUT2D eigenvalue weighted by molar-refractivity contribution is 5.77. The minimum atomic E-state index is -0.557. The first-order valence-electron chi connectivity index (χ1n) is 7.95. The van der Waals surface area contributed by atoms with E-state index in [1.807, 2.05) is 0 Å². The number of carboxylic acid groups (broad SMARTS) is 1. The molecule has 0 bridgehead atoms. The van der Waals surface area contributed by atoms with Gasteiger partial charge in [-0.3, -0.25) is 4.79 Å². The predicted molar refractivity (Wildman–Crippen MR) is 75.8 cm³/mol. The van der Waals surface area contributed by atoms with Crippen LogP contribution in [0.3, 0.4) is 0 Å². The number of hydrogen-bond acceptors (Lipinski definition) is 1. The van der Waals surface area contributed by atoms with E-state index < -0.39 is 5.97 Å². The Morgan fingerprint density at radius 2 is 1.33 bits per heavy atom. The van der Waals surface area contributed by atoms with E-state index in [-0.39, 0.29) is 5.41 Å². The number of hydrogen-bond donors (Lipinski definition) is 1. The molecule has 0 unspecified atom stereocenters. The molecule has 0 saturated heterocycles. The molecule has 1 aliphatic carbocycles. The third-order valence-corrected chi connectivity index (χ3v) is 4.32. The minimum absolute atomic E-state index is 0.292. The van der Waals surface area contributed by atoms with Gasteiger partial charge in [0.2, 0.25) is 0 Å². The SMILES string of the molecule is CCCCCCCCCCCCC1(C(=O)O)CC1. The van der Waals surface area contributed by atoms with Crippen molar-refractivity contribution in [3.05, 3.63) is 0 Å². The van der Waals surface area contributed by atoms with Gasteiger partial charge in [-0.25, -0.2) is 0 Å². The van der Waals surface area contributed by atoms with Crippen LogP contribution in [0.15, 0.2) is 0 Å². The molecule has 0 aromatic rings. The van der Waals surface area contributed by atoms with E-state index in [0.717, 1.165) is 25.7 Å². The summed E-state index contributed by atoms with van der Waals surface area (Å²) in [5.41, 5.74) is -0.292. The molecule has 0 aliphatic heterocycles. The second-order valence-electron chi connectivity index (χ2n) is 6.02. The quantitative estimate of drug-likeness (QED) is 0.488. The molecule has 0 aromatic carbocycles. The molecule has 106 valence electrons. The van der Waals surface area contributed by atoms with Crippen LogP contribution in [0.25, 0.3) is 0 Å². The van der Waals surface area contributed by atoms with E-state index in [9.17, 15) is 4.79 Å². The van der Waals surface area contributed by atoms with Crippen LogP contribution in [-0.4, -0.2) is 11.1 Å². The van der Waals surface area contributed by atoms with Crippen LogP contribution >= 0.6 is 0 Å². The molecule has 1 fully saturated rings. The normalized spacial score (nSPS) is 16.7. The second-order valence-corrected chi connectivity index (χ2v) is 6.02. The van der Waals surface area contributed by atoms with E-state index in [0.29, 0.717) is 0 Å². The lowest BCUT2D eigenvalue weighted by Crippen LogP contribution is -2.14. The summed E-state index contributed by atoms with van der Waals surface area (Å²) in [4.78, 5) is 11.0. The first-order chi connectivity index (χ1) is 8.71. The van der Waals surface area contributed by atoms with Crippen molar-refractivity contribution in [2.24, 2.45) is 5.41 Å². The first kappa shape index (κ1) is 15.5. The van der Waals surface area contributed by atoms with Crippen molar-refractivity contribution in [3.63, 3.8) is 0 Å². The summed E-state index contributed by atoms with van der Waals surface area (Å²) >= 11 is 0. The lowest BCUT2D eigenvalue weighted by atomic mass is 9.97. The Bertz CT molecular complexity index is 231. The molecule has 1 N–H and O–H groups in total. The van der Waals surface area contributed by atoms with Gasteiger partial charge in [0, 0.05) is 0 Å². The molecule has 0 amide bonds. The molecular weight excluding hydrogens is 224 g/mol. The summed E-state index contributed by atoms with van der Waals surface area (Å²) in [5.74, 6) is -0.557. The fourth-order valence-corrected chi connectivity index (χ4v) is 2.67. The zero-order chi connectivity index (χ0) is 13.3. The van der Waals surface area contributed by atoms with Crippen LogP contribution in [-0.2, 0) is 4.79 Å².